The second-order valence-corrected chi connectivity index (χ2v) is 5.91. The zero-order valence-corrected chi connectivity index (χ0v) is 17.0. The molecule has 0 saturated carbocycles. The SMILES string of the molecule is CCNC(=NCCC(F)(F)F)N1CCN(c2cccc(C)c2)CC1.I. The fourth-order valence-electron chi connectivity index (χ4n) is 2.72. The maximum atomic E-state index is 12.3. The molecule has 0 bridgehead atoms. The van der Waals surface area contributed by atoms with Crippen LogP contribution in [0.3, 0.4) is 0 Å². The summed E-state index contributed by atoms with van der Waals surface area (Å²) in [6.07, 6.45) is -5.05. The molecule has 0 atom stereocenters. The Hall–Kier alpha value is -1.19. The van der Waals surface area contributed by atoms with Crippen LogP contribution in [0.5, 0.6) is 0 Å². The van der Waals surface area contributed by atoms with Gasteiger partial charge in [-0.25, -0.2) is 0 Å². The number of rotatable bonds is 4. The maximum absolute atomic E-state index is 12.3. The van der Waals surface area contributed by atoms with Gasteiger partial charge in [0.15, 0.2) is 5.96 Å². The van der Waals surface area contributed by atoms with Crippen LogP contribution in [0.15, 0.2) is 29.3 Å². The number of hydrogen-bond acceptors (Lipinski definition) is 2. The first kappa shape index (κ1) is 21.9. The summed E-state index contributed by atoms with van der Waals surface area (Å²) in [6.45, 7) is 7.53. The Bertz CT molecular complexity index is 555. The van der Waals surface area contributed by atoms with Gasteiger partial charge >= 0.3 is 6.18 Å². The normalized spacial score (nSPS) is 15.8. The van der Waals surface area contributed by atoms with Crippen molar-refractivity contribution in [3.05, 3.63) is 29.8 Å². The topological polar surface area (TPSA) is 30.9 Å². The third-order valence-corrected chi connectivity index (χ3v) is 3.94. The van der Waals surface area contributed by atoms with E-state index >= 15 is 0 Å². The summed E-state index contributed by atoms with van der Waals surface area (Å²) < 4.78 is 36.9. The van der Waals surface area contributed by atoms with Gasteiger partial charge < -0.3 is 15.1 Å². The Morgan fingerprint density at radius 1 is 1.20 bits per heavy atom. The van der Waals surface area contributed by atoms with Crippen LogP contribution in [0.2, 0.25) is 0 Å². The third-order valence-electron chi connectivity index (χ3n) is 3.94. The number of nitrogens with one attached hydrogen (secondary N) is 1. The minimum Gasteiger partial charge on any atom is -0.368 e. The van der Waals surface area contributed by atoms with E-state index in [1.807, 2.05) is 17.9 Å². The van der Waals surface area contributed by atoms with Crippen molar-refractivity contribution in [3.8, 4) is 0 Å². The van der Waals surface area contributed by atoms with Gasteiger partial charge in [-0.2, -0.15) is 13.2 Å². The molecule has 0 unspecified atom stereocenters. The number of halogens is 4. The Morgan fingerprint density at radius 2 is 1.88 bits per heavy atom. The van der Waals surface area contributed by atoms with Crippen LogP contribution >= 0.6 is 24.0 Å². The van der Waals surface area contributed by atoms with Gasteiger partial charge in [0.05, 0.1) is 13.0 Å². The van der Waals surface area contributed by atoms with Crippen LogP contribution in [0.25, 0.3) is 0 Å². The lowest BCUT2D eigenvalue weighted by atomic mass is 10.2. The average molecular weight is 470 g/mol. The van der Waals surface area contributed by atoms with Crippen molar-refractivity contribution in [1.29, 1.82) is 0 Å². The summed E-state index contributed by atoms with van der Waals surface area (Å²) in [5.41, 5.74) is 2.41. The van der Waals surface area contributed by atoms with Gasteiger partial charge in [0.25, 0.3) is 0 Å². The van der Waals surface area contributed by atoms with E-state index in [9.17, 15) is 13.2 Å². The fourth-order valence-corrected chi connectivity index (χ4v) is 2.72. The second kappa shape index (κ2) is 10.1. The smallest absolute Gasteiger partial charge is 0.368 e. The molecule has 25 heavy (non-hydrogen) atoms. The summed E-state index contributed by atoms with van der Waals surface area (Å²) in [7, 11) is 0. The molecule has 1 aliphatic rings. The quantitative estimate of drug-likeness (QED) is 0.414. The molecule has 1 aromatic carbocycles. The Morgan fingerprint density at radius 3 is 2.44 bits per heavy atom. The van der Waals surface area contributed by atoms with Crippen LogP contribution in [0, 0.1) is 6.92 Å². The van der Waals surface area contributed by atoms with E-state index in [1.165, 1.54) is 11.3 Å². The first-order valence-electron chi connectivity index (χ1n) is 8.30. The Labute approximate surface area is 164 Å². The standard InChI is InChI=1S/C17H25F3N4.HI/c1-3-21-16(22-8-7-17(18,19)20)24-11-9-23(10-12-24)15-6-4-5-14(2)13-15;/h4-6,13H,3,7-12H2,1-2H3,(H,21,22);1H. The van der Waals surface area contributed by atoms with Crippen molar-refractivity contribution in [1.82, 2.24) is 10.2 Å². The number of alkyl halides is 3. The van der Waals surface area contributed by atoms with E-state index in [2.05, 4.69) is 40.3 Å². The number of guanidine groups is 1. The number of hydrogen-bond donors (Lipinski definition) is 1. The largest absolute Gasteiger partial charge is 0.390 e. The molecule has 8 heteroatoms. The summed E-state index contributed by atoms with van der Waals surface area (Å²) in [6, 6.07) is 8.35. The molecule has 1 aliphatic heterocycles. The maximum Gasteiger partial charge on any atom is 0.390 e. The van der Waals surface area contributed by atoms with Crippen molar-refractivity contribution in [3.63, 3.8) is 0 Å². The van der Waals surface area contributed by atoms with Crippen LogP contribution < -0.4 is 10.2 Å². The lowest BCUT2D eigenvalue weighted by molar-refractivity contribution is -0.132. The molecule has 0 aliphatic carbocycles. The molecule has 0 aromatic heterocycles. The zero-order valence-electron chi connectivity index (χ0n) is 14.6. The van der Waals surface area contributed by atoms with E-state index in [0.717, 1.165) is 26.2 Å². The van der Waals surface area contributed by atoms with Gasteiger partial charge in [0.1, 0.15) is 0 Å². The van der Waals surface area contributed by atoms with Gasteiger partial charge in [0.2, 0.25) is 0 Å². The third kappa shape index (κ3) is 7.29. The molecule has 0 amide bonds. The molecule has 0 radical (unpaired) electrons. The zero-order chi connectivity index (χ0) is 17.6. The van der Waals surface area contributed by atoms with E-state index in [-0.39, 0.29) is 30.5 Å². The highest BCUT2D eigenvalue weighted by molar-refractivity contribution is 14.0. The molecular formula is C17H26F3IN4. The van der Waals surface area contributed by atoms with Crippen LogP contribution in [-0.4, -0.2) is 56.3 Å². The summed E-state index contributed by atoms with van der Waals surface area (Å²) in [4.78, 5) is 8.46. The number of nitrogens with zero attached hydrogens (tertiary/aromatic N) is 3. The highest BCUT2D eigenvalue weighted by Gasteiger charge is 2.26. The summed E-state index contributed by atoms with van der Waals surface area (Å²) in [5, 5.41) is 3.09. The molecule has 4 nitrogen and oxygen atoms in total. The molecule has 142 valence electrons. The van der Waals surface area contributed by atoms with Crippen LogP contribution in [0.1, 0.15) is 18.9 Å². The number of piperazine rings is 1. The van der Waals surface area contributed by atoms with Gasteiger partial charge in [-0.15, -0.1) is 24.0 Å². The van der Waals surface area contributed by atoms with E-state index < -0.39 is 12.6 Å². The average Bonchev–Trinajstić information content (AvgIpc) is 2.53. The molecule has 1 saturated heterocycles. The van der Waals surface area contributed by atoms with Crippen LogP contribution in [-0.2, 0) is 0 Å². The van der Waals surface area contributed by atoms with E-state index in [1.54, 1.807) is 0 Å². The first-order valence-corrected chi connectivity index (χ1v) is 8.30. The predicted octanol–water partition coefficient (Wildman–Crippen LogP) is 3.65. The second-order valence-electron chi connectivity index (χ2n) is 5.91. The Balaban J connectivity index is 0.00000312. The predicted molar refractivity (Wildman–Crippen MR) is 107 cm³/mol. The van der Waals surface area contributed by atoms with Crippen molar-refractivity contribution in [2.75, 3.05) is 44.2 Å². The first-order chi connectivity index (χ1) is 11.4. The van der Waals surface area contributed by atoms with Crippen molar-refractivity contribution < 1.29 is 13.2 Å². The number of benzene rings is 1. The minimum atomic E-state index is -4.16. The number of aryl methyl sites for hydroxylation is 1. The van der Waals surface area contributed by atoms with Crippen molar-refractivity contribution in [2.45, 2.75) is 26.4 Å². The van der Waals surface area contributed by atoms with Crippen molar-refractivity contribution in [2.24, 2.45) is 4.99 Å². The molecular weight excluding hydrogens is 444 g/mol. The molecule has 1 heterocycles. The Kier molecular flexibility index (Phi) is 8.81. The van der Waals surface area contributed by atoms with Gasteiger partial charge in [-0.05, 0) is 31.5 Å². The lowest BCUT2D eigenvalue weighted by Gasteiger charge is -2.37. The number of aliphatic imine (C=N–C) groups is 1. The highest BCUT2D eigenvalue weighted by atomic mass is 127. The minimum absolute atomic E-state index is 0. The molecule has 1 fully saturated rings. The lowest BCUT2D eigenvalue weighted by Crippen LogP contribution is -2.52. The van der Waals surface area contributed by atoms with Gasteiger partial charge in [0, 0.05) is 38.4 Å². The summed E-state index contributed by atoms with van der Waals surface area (Å²) in [5.74, 6) is 0.575. The van der Waals surface area contributed by atoms with Crippen molar-refractivity contribution >= 4 is 35.6 Å². The van der Waals surface area contributed by atoms with E-state index in [0.29, 0.717) is 12.5 Å². The number of anilines is 1. The fraction of sp³-hybridized carbons (Fsp3) is 0.588. The molecule has 1 N–H and O–H groups in total. The van der Waals surface area contributed by atoms with Crippen LogP contribution in [0.4, 0.5) is 18.9 Å². The summed E-state index contributed by atoms with van der Waals surface area (Å²) >= 11 is 0. The van der Waals surface area contributed by atoms with E-state index in [4.69, 9.17) is 0 Å². The van der Waals surface area contributed by atoms with Gasteiger partial charge in [-0.1, -0.05) is 12.1 Å². The monoisotopic (exact) mass is 470 g/mol. The molecule has 2 rings (SSSR count). The molecule has 0 spiro atoms. The highest BCUT2D eigenvalue weighted by Crippen LogP contribution is 2.20. The molecule has 1 aromatic rings. The van der Waals surface area contributed by atoms with Gasteiger partial charge in [-0.3, -0.25) is 4.99 Å².